The molecule has 0 aromatic heterocycles. The van der Waals surface area contributed by atoms with Crippen molar-refractivity contribution in [3.63, 3.8) is 0 Å². The summed E-state index contributed by atoms with van der Waals surface area (Å²) in [6.07, 6.45) is 0.994. The summed E-state index contributed by atoms with van der Waals surface area (Å²) in [6.45, 7) is 4.04. The van der Waals surface area contributed by atoms with Gasteiger partial charge in [0.25, 0.3) is 0 Å². The summed E-state index contributed by atoms with van der Waals surface area (Å²) in [5, 5.41) is 3.03. The molecule has 0 spiro atoms. The van der Waals surface area contributed by atoms with E-state index in [9.17, 15) is 21.6 Å². The second kappa shape index (κ2) is 10.6. The monoisotopic (exact) mass is 529 g/mol. The van der Waals surface area contributed by atoms with Crippen LogP contribution in [-0.2, 0) is 24.8 Å². The first-order valence-electron chi connectivity index (χ1n) is 10.8. The predicted octanol–water partition coefficient (Wildman–Crippen LogP) is 2.99. The lowest BCUT2D eigenvalue weighted by molar-refractivity contribution is -0.120. The van der Waals surface area contributed by atoms with Gasteiger partial charge in [0, 0.05) is 23.8 Å². The number of nitrogens with zero attached hydrogens (tertiary/aromatic N) is 1. The largest absolute Gasteiger partial charge is 0.492 e. The van der Waals surface area contributed by atoms with Gasteiger partial charge in [-0.15, -0.1) is 0 Å². The summed E-state index contributed by atoms with van der Waals surface area (Å²) in [7, 11) is -6.33. The predicted molar refractivity (Wildman–Crippen MR) is 130 cm³/mol. The molecule has 0 aliphatic carbocycles. The Kier molecular flexibility index (Phi) is 8.25. The van der Waals surface area contributed by atoms with Crippen molar-refractivity contribution < 1.29 is 26.4 Å². The average Bonchev–Trinajstić information content (AvgIpc) is 2.81. The van der Waals surface area contributed by atoms with Crippen LogP contribution in [0.15, 0.2) is 46.2 Å². The minimum absolute atomic E-state index is 0.0141. The molecule has 1 heterocycles. The van der Waals surface area contributed by atoms with Crippen LogP contribution in [0.2, 0.25) is 5.02 Å². The maximum Gasteiger partial charge on any atom is 0.246 e. The van der Waals surface area contributed by atoms with E-state index in [-0.39, 0.29) is 46.2 Å². The SMILES string of the molecule is CCOc1ccc(Cl)cc1S(=O)(=O)N1CCC[C@H](C(=O)Nc2cc(S(=O)(=O)NC)ccc2C)C1. The van der Waals surface area contributed by atoms with Crippen molar-refractivity contribution in [2.45, 2.75) is 36.5 Å². The third-order valence-electron chi connectivity index (χ3n) is 5.62. The lowest BCUT2D eigenvalue weighted by Gasteiger charge is -2.31. The number of nitrogens with one attached hydrogen (secondary N) is 2. The van der Waals surface area contributed by atoms with Crippen LogP contribution in [0.5, 0.6) is 5.75 Å². The molecule has 0 bridgehead atoms. The van der Waals surface area contributed by atoms with Crippen LogP contribution in [0, 0.1) is 12.8 Å². The quantitative estimate of drug-likeness (QED) is 0.542. The zero-order chi connectivity index (χ0) is 25.1. The summed E-state index contributed by atoms with van der Waals surface area (Å²) >= 11 is 6.05. The van der Waals surface area contributed by atoms with Gasteiger partial charge in [0.1, 0.15) is 10.6 Å². The summed E-state index contributed by atoms with van der Waals surface area (Å²) in [5.41, 5.74) is 1.04. The molecule has 2 aromatic rings. The first kappa shape index (κ1) is 26.4. The Balaban J connectivity index is 1.82. The Morgan fingerprint density at radius 2 is 1.91 bits per heavy atom. The standard InChI is InChI=1S/C22H28ClN3O6S2/c1-4-32-20-10-8-17(23)12-21(20)34(30,31)26-11-5-6-16(14-26)22(27)25-19-13-18(9-7-15(19)2)33(28,29)24-3/h7-10,12-13,16,24H,4-6,11,14H2,1-3H3,(H,25,27)/t16-/m0/s1. The van der Waals surface area contributed by atoms with Gasteiger partial charge in [-0.1, -0.05) is 17.7 Å². The van der Waals surface area contributed by atoms with Gasteiger partial charge in [0.2, 0.25) is 26.0 Å². The van der Waals surface area contributed by atoms with Gasteiger partial charge in [0.15, 0.2) is 0 Å². The van der Waals surface area contributed by atoms with E-state index in [1.54, 1.807) is 26.0 Å². The second-order valence-corrected chi connectivity index (χ2v) is 12.1. The topological polar surface area (TPSA) is 122 Å². The van der Waals surface area contributed by atoms with Gasteiger partial charge in [-0.2, -0.15) is 4.31 Å². The molecule has 1 saturated heterocycles. The van der Waals surface area contributed by atoms with Crippen LogP contribution in [0.3, 0.4) is 0 Å². The molecule has 3 rings (SSSR count). The van der Waals surface area contributed by atoms with Crippen molar-refractivity contribution in [2.24, 2.45) is 5.92 Å². The van der Waals surface area contributed by atoms with Crippen LogP contribution in [0.1, 0.15) is 25.3 Å². The van der Waals surface area contributed by atoms with Crippen molar-refractivity contribution in [2.75, 3.05) is 32.1 Å². The highest BCUT2D eigenvalue weighted by molar-refractivity contribution is 7.89. The average molecular weight is 530 g/mol. The number of amides is 1. The maximum atomic E-state index is 13.4. The van der Waals surface area contributed by atoms with Crippen LogP contribution >= 0.6 is 11.6 Å². The third kappa shape index (κ3) is 5.72. The van der Waals surface area contributed by atoms with Crippen LogP contribution < -0.4 is 14.8 Å². The number of sulfonamides is 2. The van der Waals surface area contributed by atoms with Crippen LogP contribution in [-0.4, -0.2) is 53.8 Å². The molecule has 1 aliphatic heterocycles. The minimum atomic E-state index is -3.96. The molecule has 0 unspecified atom stereocenters. The molecule has 0 radical (unpaired) electrons. The Morgan fingerprint density at radius 1 is 1.18 bits per heavy atom. The number of piperidine rings is 1. The van der Waals surface area contributed by atoms with Crippen molar-refractivity contribution >= 4 is 43.2 Å². The van der Waals surface area contributed by atoms with Gasteiger partial charge < -0.3 is 10.1 Å². The van der Waals surface area contributed by atoms with Gasteiger partial charge >= 0.3 is 0 Å². The summed E-state index contributed by atoms with van der Waals surface area (Å²) in [4.78, 5) is 13.0. The van der Waals surface area contributed by atoms with Crippen molar-refractivity contribution in [1.82, 2.24) is 9.03 Å². The maximum absolute atomic E-state index is 13.4. The van der Waals surface area contributed by atoms with E-state index in [0.29, 0.717) is 24.1 Å². The van der Waals surface area contributed by atoms with Gasteiger partial charge in [-0.25, -0.2) is 21.6 Å². The molecular formula is C22H28ClN3O6S2. The number of halogens is 1. The van der Waals surface area contributed by atoms with E-state index in [2.05, 4.69) is 10.0 Å². The molecule has 34 heavy (non-hydrogen) atoms. The van der Waals surface area contributed by atoms with Crippen molar-refractivity contribution in [3.05, 3.63) is 47.0 Å². The lowest BCUT2D eigenvalue weighted by Crippen LogP contribution is -2.43. The molecule has 1 fully saturated rings. The molecule has 12 heteroatoms. The molecule has 1 atom stereocenters. The van der Waals surface area contributed by atoms with Crippen LogP contribution in [0.4, 0.5) is 5.69 Å². The number of aryl methyl sites for hydroxylation is 1. The fraction of sp³-hybridized carbons (Fsp3) is 0.409. The van der Waals surface area contributed by atoms with E-state index in [1.807, 2.05) is 0 Å². The molecule has 1 aliphatic rings. The molecule has 186 valence electrons. The fourth-order valence-corrected chi connectivity index (χ4v) is 6.40. The number of rotatable bonds is 8. The van der Waals surface area contributed by atoms with Gasteiger partial charge in [-0.3, -0.25) is 4.79 Å². The molecule has 9 nitrogen and oxygen atoms in total. The Labute approximate surface area is 205 Å². The van der Waals surface area contributed by atoms with Gasteiger partial charge in [0.05, 0.1) is 17.4 Å². The number of hydrogen-bond donors (Lipinski definition) is 2. The second-order valence-electron chi connectivity index (χ2n) is 7.90. The highest BCUT2D eigenvalue weighted by Crippen LogP contribution is 2.32. The number of anilines is 1. The smallest absolute Gasteiger partial charge is 0.246 e. The zero-order valence-electron chi connectivity index (χ0n) is 19.2. The number of benzene rings is 2. The molecule has 0 saturated carbocycles. The Morgan fingerprint density at radius 3 is 2.59 bits per heavy atom. The fourth-order valence-electron chi connectivity index (χ4n) is 3.73. The van der Waals surface area contributed by atoms with E-state index < -0.39 is 26.0 Å². The molecule has 2 aromatic carbocycles. The normalized spacial score (nSPS) is 17.4. The minimum Gasteiger partial charge on any atom is -0.492 e. The number of carbonyl (C=O) groups excluding carboxylic acids is 1. The highest BCUT2D eigenvalue weighted by Gasteiger charge is 2.35. The van der Waals surface area contributed by atoms with Crippen molar-refractivity contribution in [3.8, 4) is 5.75 Å². The van der Waals surface area contributed by atoms with E-state index >= 15 is 0 Å². The Bertz CT molecular complexity index is 1280. The zero-order valence-corrected chi connectivity index (χ0v) is 21.6. The number of ether oxygens (including phenoxy) is 1. The van der Waals surface area contributed by atoms with E-state index in [1.165, 1.54) is 35.6 Å². The summed E-state index contributed by atoms with van der Waals surface area (Å²) < 4.78 is 60.0. The van der Waals surface area contributed by atoms with E-state index in [4.69, 9.17) is 16.3 Å². The molecule has 2 N–H and O–H groups in total. The lowest BCUT2D eigenvalue weighted by atomic mass is 9.98. The highest BCUT2D eigenvalue weighted by atomic mass is 35.5. The van der Waals surface area contributed by atoms with Crippen LogP contribution in [0.25, 0.3) is 0 Å². The first-order chi connectivity index (χ1) is 16.0. The van der Waals surface area contributed by atoms with Crippen molar-refractivity contribution in [1.29, 1.82) is 0 Å². The first-order valence-corrected chi connectivity index (χ1v) is 14.1. The number of hydrogen-bond acceptors (Lipinski definition) is 6. The summed E-state index contributed by atoms with van der Waals surface area (Å²) in [5.74, 6) is -0.781. The van der Waals surface area contributed by atoms with E-state index in [0.717, 1.165) is 0 Å². The molecule has 1 amide bonds. The number of carbonyl (C=O) groups is 1. The Hall–Kier alpha value is -2.18. The summed E-state index contributed by atoms with van der Waals surface area (Å²) in [6, 6.07) is 8.86. The van der Waals surface area contributed by atoms with Gasteiger partial charge in [-0.05, 0) is 69.6 Å². The third-order valence-corrected chi connectivity index (χ3v) is 9.16. The molecular weight excluding hydrogens is 502 g/mol.